The van der Waals surface area contributed by atoms with Crippen LogP contribution in [0.2, 0.25) is 0 Å². The second-order valence-corrected chi connectivity index (χ2v) is 3.58. The predicted octanol–water partition coefficient (Wildman–Crippen LogP) is 2.49. The van der Waals surface area contributed by atoms with Crippen molar-refractivity contribution < 1.29 is 18.3 Å². The Labute approximate surface area is 92.4 Å². The number of anilines is 1. The van der Waals surface area contributed by atoms with Crippen LogP contribution in [0.4, 0.5) is 14.5 Å². The molecule has 1 aromatic rings. The van der Waals surface area contributed by atoms with Crippen LogP contribution in [0.25, 0.3) is 0 Å². The molecule has 0 amide bonds. The van der Waals surface area contributed by atoms with Gasteiger partial charge >= 0.3 is 6.61 Å². The smallest absolute Gasteiger partial charge is 0.387 e. The Hall–Kier alpha value is -1.36. The van der Waals surface area contributed by atoms with Gasteiger partial charge in [0.1, 0.15) is 5.75 Å². The zero-order valence-corrected chi connectivity index (χ0v) is 8.66. The van der Waals surface area contributed by atoms with Gasteiger partial charge in [0.05, 0.1) is 18.3 Å². The highest BCUT2D eigenvalue weighted by Crippen LogP contribution is 2.27. The van der Waals surface area contributed by atoms with Gasteiger partial charge in [-0.3, -0.25) is 0 Å². The summed E-state index contributed by atoms with van der Waals surface area (Å²) < 4.78 is 33.9. The van der Waals surface area contributed by atoms with Gasteiger partial charge in [0.25, 0.3) is 0 Å². The van der Waals surface area contributed by atoms with Crippen molar-refractivity contribution in [1.82, 2.24) is 0 Å². The van der Waals surface area contributed by atoms with Gasteiger partial charge in [-0.2, -0.15) is 8.78 Å². The van der Waals surface area contributed by atoms with Crippen molar-refractivity contribution in [2.45, 2.75) is 19.1 Å². The summed E-state index contributed by atoms with van der Waals surface area (Å²) in [5.74, 6) is 0.171. The lowest BCUT2D eigenvalue weighted by molar-refractivity contribution is -0.0493. The number of rotatable bonds is 4. The van der Waals surface area contributed by atoms with Gasteiger partial charge in [0.2, 0.25) is 0 Å². The van der Waals surface area contributed by atoms with E-state index in [2.05, 4.69) is 10.1 Å². The Morgan fingerprint density at radius 2 is 2.19 bits per heavy atom. The van der Waals surface area contributed by atoms with Crippen molar-refractivity contribution in [1.29, 1.82) is 0 Å². The van der Waals surface area contributed by atoms with Crippen molar-refractivity contribution in [2.75, 3.05) is 18.5 Å². The maximum atomic E-state index is 12.1. The molecule has 0 bridgehead atoms. The Bertz CT molecular complexity index is 341. The van der Waals surface area contributed by atoms with E-state index >= 15 is 0 Å². The van der Waals surface area contributed by atoms with E-state index in [0.717, 1.165) is 6.42 Å². The van der Waals surface area contributed by atoms with Gasteiger partial charge in [0, 0.05) is 6.61 Å². The molecule has 2 rings (SSSR count). The fraction of sp³-hybridized carbons (Fsp3) is 0.455. The molecule has 3 nitrogen and oxygen atoms in total. The zero-order valence-electron chi connectivity index (χ0n) is 8.66. The number of nitrogens with one attached hydrogen (secondary N) is 1. The average molecular weight is 229 g/mol. The standard InChI is InChI=1S/C11H13F2NO2/c12-11(13)16-10-4-2-1-3-9(10)14-8-5-6-15-7-8/h1-4,8,11,14H,5-7H2. The Morgan fingerprint density at radius 1 is 1.38 bits per heavy atom. The van der Waals surface area contributed by atoms with Crippen LogP contribution in [0.15, 0.2) is 24.3 Å². The van der Waals surface area contributed by atoms with Crippen LogP contribution in [-0.4, -0.2) is 25.9 Å². The molecule has 1 fully saturated rings. The quantitative estimate of drug-likeness (QED) is 0.860. The highest BCUT2D eigenvalue weighted by Gasteiger charge is 2.17. The summed E-state index contributed by atoms with van der Waals surface area (Å²) in [5.41, 5.74) is 0.582. The molecule has 88 valence electrons. The number of alkyl halides is 2. The number of halogens is 2. The number of benzene rings is 1. The summed E-state index contributed by atoms with van der Waals surface area (Å²) in [4.78, 5) is 0. The van der Waals surface area contributed by atoms with Crippen LogP contribution in [-0.2, 0) is 4.74 Å². The monoisotopic (exact) mass is 229 g/mol. The second kappa shape index (κ2) is 5.12. The maximum absolute atomic E-state index is 12.1. The molecule has 0 aromatic heterocycles. The van der Waals surface area contributed by atoms with Gasteiger partial charge < -0.3 is 14.8 Å². The van der Waals surface area contributed by atoms with E-state index < -0.39 is 6.61 Å². The molecule has 1 aliphatic rings. The minimum atomic E-state index is -2.80. The summed E-state index contributed by atoms with van der Waals surface area (Å²) >= 11 is 0. The van der Waals surface area contributed by atoms with Crippen LogP contribution in [0.5, 0.6) is 5.75 Å². The topological polar surface area (TPSA) is 30.5 Å². The largest absolute Gasteiger partial charge is 0.433 e. The normalized spacial score (nSPS) is 20.1. The molecule has 1 atom stereocenters. The van der Waals surface area contributed by atoms with Crippen molar-refractivity contribution >= 4 is 5.69 Å². The summed E-state index contributed by atoms with van der Waals surface area (Å²) in [7, 11) is 0. The molecule has 16 heavy (non-hydrogen) atoms. The molecule has 1 heterocycles. The van der Waals surface area contributed by atoms with E-state index in [1.165, 1.54) is 6.07 Å². The molecule has 1 aliphatic heterocycles. The molecule has 0 spiro atoms. The van der Waals surface area contributed by atoms with Crippen molar-refractivity contribution in [3.63, 3.8) is 0 Å². The zero-order chi connectivity index (χ0) is 11.4. The van der Waals surface area contributed by atoms with Gasteiger partial charge in [-0.05, 0) is 18.6 Å². The number of para-hydroxylation sites is 2. The molecular weight excluding hydrogens is 216 g/mol. The molecule has 1 aromatic carbocycles. The molecule has 1 saturated heterocycles. The van der Waals surface area contributed by atoms with Gasteiger partial charge in [0.15, 0.2) is 0 Å². The van der Waals surface area contributed by atoms with Gasteiger partial charge in [-0.1, -0.05) is 12.1 Å². The summed E-state index contributed by atoms with van der Waals surface area (Å²) in [6.07, 6.45) is 0.878. The molecule has 5 heteroatoms. The van der Waals surface area contributed by atoms with Crippen molar-refractivity contribution in [2.24, 2.45) is 0 Å². The predicted molar refractivity (Wildman–Crippen MR) is 55.9 cm³/mol. The summed E-state index contributed by atoms with van der Waals surface area (Å²) in [6, 6.07) is 6.84. The SMILES string of the molecule is FC(F)Oc1ccccc1NC1CCOC1. The maximum Gasteiger partial charge on any atom is 0.387 e. The minimum Gasteiger partial charge on any atom is -0.433 e. The lowest BCUT2D eigenvalue weighted by Gasteiger charge is -2.15. The third kappa shape index (κ3) is 2.82. The average Bonchev–Trinajstić information content (AvgIpc) is 2.73. The van der Waals surface area contributed by atoms with E-state index in [1.54, 1.807) is 18.2 Å². The van der Waals surface area contributed by atoms with E-state index in [9.17, 15) is 8.78 Å². The van der Waals surface area contributed by atoms with E-state index in [4.69, 9.17) is 4.74 Å². The molecule has 0 saturated carbocycles. The minimum absolute atomic E-state index is 0.169. The summed E-state index contributed by atoms with van der Waals surface area (Å²) in [6.45, 7) is -1.50. The van der Waals surface area contributed by atoms with E-state index in [1.807, 2.05) is 0 Å². The van der Waals surface area contributed by atoms with Crippen LogP contribution >= 0.6 is 0 Å². The van der Waals surface area contributed by atoms with Gasteiger partial charge in [-0.25, -0.2) is 0 Å². The number of hydrogen-bond donors (Lipinski definition) is 1. The third-order valence-corrected chi connectivity index (χ3v) is 2.39. The highest BCUT2D eigenvalue weighted by atomic mass is 19.3. The molecule has 0 radical (unpaired) electrons. The Morgan fingerprint density at radius 3 is 2.88 bits per heavy atom. The Kier molecular flexibility index (Phi) is 3.56. The van der Waals surface area contributed by atoms with Crippen molar-refractivity contribution in [3.05, 3.63) is 24.3 Å². The molecule has 1 N–H and O–H groups in total. The molecule has 0 aliphatic carbocycles. The fourth-order valence-corrected chi connectivity index (χ4v) is 1.65. The highest BCUT2D eigenvalue weighted by molar-refractivity contribution is 5.56. The first-order valence-corrected chi connectivity index (χ1v) is 5.14. The first-order chi connectivity index (χ1) is 7.75. The lowest BCUT2D eigenvalue weighted by atomic mass is 10.2. The van der Waals surface area contributed by atoms with Crippen LogP contribution < -0.4 is 10.1 Å². The third-order valence-electron chi connectivity index (χ3n) is 2.39. The molecular formula is C11H13F2NO2. The second-order valence-electron chi connectivity index (χ2n) is 3.58. The summed E-state index contributed by atoms with van der Waals surface area (Å²) in [5, 5.41) is 3.13. The first kappa shape index (κ1) is 11.1. The van der Waals surface area contributed by atoms with Gasteiger partial charge in [-0.15, -0.1) is 0 Å². The van der Waals surface area contributed by atoms with Crippen molar-refractivity contribution in [3.8, 4) is 5.75 Å². The number of hydrogen-bond acceptors (Lipinski definition) is 3. The molecule has 1 unspecified atom stereocenters. The number of ether oxygens (including phenoxy) is 2. The van der Waals surface area contributed by atoms with E-state index in [0.29, 0.717) is 18.9 Å². The van der Waals surface area contributed by atoms with Crippen LogP contribution in [0.3, 0.4) is 0 Å². The van der Waals surface area contributed by atoms with E-state index in [-0.39, 0.29) is 11.8 Å². The first-order valence-electron chi connectivity index (χ1n) is 5.14. The Balaban J connectivity index is 2.06. The fourth-order valence-electron chi connectivity index (χ4n) is 1.65. The van der Waals surface area contributed by atoms with Crippen LogP contribution in [0, 0.1) is 0 Å². The van der Waals surface area contributed by atoms with Crippen LogP contribution in [0.1, 0.15) is 6.42 Å². The lowest BCUT2D eigenvalue weighted by Crippen LogP contribution is -2.19.